The molecule has 1 N–H and O–H groups in total. The van der Waals surface area contributed by atoms with Crippen molar-refractivity contribution in [1.82, 2.24) is 15.2 Å². The number of aryl methyl sites for hydroxylation is 1. The first-order valence-electron chi connectivity index (χ1n) is 5.68. The molecule has 3 rings (SSSR count). The van der Waals surface area contributed by atoms with Crippen LogP contribution in [0.3, 0.4) is 0 Å². The summed E-state index contributed by atoms with van der Waals surface area (Å²) in [4.78, 5) is 4.15. The van der Waals surface area contributed by atoms with Gasteiger partial charge in [-0.05, 0) is 13.0 Å². The zero-order valence-corrected chi connectivity index (χ0v) is 9.92. The van der Waals surface area contributed by atoms with E-state index in [-0.39, 0.29) is 0 Å². The van der Waals surface area contributed by atoms with Crippen LogP contribution < -0.4 is 5.32 Å². The number of anilines is 1. The van der Waals surface area contributed by atoms with Crippen LogP contribution in [0, 0.1) is 6.92 Å². The second kappa shape index (κ2) is 4.44. The van der Waals surface area contributed by atoms with E-state index in [1.54, 1.807) is 12.4 Å². The normalized spacial score (nSPS) is 10.7. The first kappa shape index (κ1) is 10.7. The molecule has 5 nitrogen and oxygen atoms in total. The van der Waals surface area contributed by atoms with Crippen molar-refractivity contribution in [2.45, 2.75) is 13.5 Å². The number of fused-ring (bicyclic) bond motifs is 1. The van der Waals surface area contributed by atoms with Gasteiger partial charge in [0.05, 0.1) is 30.1 Å². The van der Waals surface area contributed by atoms with Crippen LogP contribution in [0.4, 0.5) is 5.69 Å². The second-order valence-electron chi connectivity index (χ2n) is 3.99. The molecule has 2 heterocycles. The Morgan fingerprint density at radius 2 is 2.11 bits per heavy atom. The molecule has 0 atom stereocenters. The Hall–Kier alpha value is -2.43. The van der Waals surface area contributed by atoms with E-state index in [1.165, 1.54) is 0 Å². The summed E-state index contributed by atoms with van der Waals surface area (Å²) in [5.74, 6) is 1.47. The standard InChI is InChI=1S/C13H12N4O/c1-9-6-15-13(18-9)8-14-12-7-16-17-11-5-3-2-4-10(11)12/h2-7H,8H2,1H3,(H,14,17). The fourth-order valence-corrected chi connectivity index (χ4v) is 1.80. The first-order chi connectivity index (χ1) is 8.83. The molecule has 0 radical (unpaired) electrons. The van der Waals surface area contributed by atoms with Crippen LogP contribution in [0.15, 0.2) is 41.1 Å². The number of benzene rings is 1. The summed E-state index contributed by atoms with van der Waals surface area (Å²) in [6, 6.07) is 7.86. The maximum absolute atomic E-state index is 5.41. The summed E-state index contributed by atoms with van der Waals surface area (Å²) < 4.78 is 5.41. The summed E-state index contributed by atoms with van der Waals surface area (Å²) >= 11 is 0. The Balaban J connectivity index is 1.86. The van der Waals surface area contributed by atoms with Gasteiger partial charge in [0.2, 0.25) is 5.89 Å². The van der Waals surface area contributed by atoms with E-state index in [9.17, 15) is 0 Å². The van der Waals surface area contributed by atoms with Crippen molar-refractivity contribution in [2.75, 3.05) is 5.32 Å². The predicted molar refractivity (Wildman–Crippen MR) is 68.1 cm³/mol. The predicted octanol–water partition coefficient (Wildman–Crippen LogP) is 2.54. The monoisotopic (exact) mass is 240 g/mol. The molecule has 0 bridgehead atoms. The lowest BCUT2D eigenvalue weighted by atomic mass is 10.2. The molecule has 0 fully saturated rings. The summed E-state index contributed by atoms with van der Waals surface area (Å²) in [5, 5.41) is 12.3. The summed E-state index contributed by atoms with van der Waals surface area (Å²) in [6.45, 7) is 2.41. The molecule has 90 valence electrons. The van der Waals surface area contributed by atoms with Crippen LogP contribution in [0.1, 0.15) is 11.7 Å². The third-order valence-corrected chi connectivity index (χ3v) is 2.65. The molecule has 1 aromatic carbocycles. The maximum atomic E-state index is 5.41. The van der Waals surface area contributed by atoms with Gasteiger partial charge < -0.3 is 9.73 Å². The van der Waals surface area contributed by atoms with Crippen molar-refractivity contribution < 1.29 is 4.42 Å². The fourth-order valence-electron chi connectivity index (χ4n) is 1.80. The summed E-state index contributed by atoms with van der Waals surface area (Å²) in [5.41, 5.74) is 1.79. The topological polar surface area (TPSA) is 63.8 Å². The molecule has 3 aromatic rings. The molecular formula is C13H12N4O. The average molecular weight is 240 g/mol. The van der Waals surface area contributed by atoms with Gasteiger partial charge in [0.15, 0.2) is 0 Å². The van der Waals surface area contributed by atoms with Crippen LogP contribution in [0.25, 0.3) is 10.9 Å². The van der Waals surface area contributed by atoms with Crippen molar-refractivity contribution in [2.24, 2.45) is 0 Å². The molecular weight excluding hydrogens is 228 g/mol. The van der Waals surface area contributed by atoms with E-state index >= 15 is 0 Å². The molecule has 0 aliphatic heterocycles. The fraction of sp³-hybridized carbons (Fsp3) is 0.154. The molecule has 0 saturated carbocycles. The van der Waals surface area contributed by atoms with Crippen molar-refractivity contribution in [1.29, 1.82) is 0 Å². The lowest BCUT2D eigenvalue weighted by Crippen LogP contribution is -2.01. The molecule has 0 aliphatic carbocycles. The molecule has 18 heavy (non-hydrogen) atoms. The number of hydrogen-bond acceptors (Lipinski definition) is 5. The Morgan fingerprint density at radius 3 is 2.94 bits per heavy atom. The van der Waals surface area contributed by atoms with E-state index in [0.29, 0.717) is 12.4 Å². The number of nitrogens with zero attached hydrogens (tertiary/aromatic N) is 3. The minimum atomic E-state index is 0.531. The average Bonchev–Trinajstić information content (AvgIpc) is 2.82. The Bertz CT molecular complexity index is 672. The number of rotatable bonds is 3. The summed E-state index contributed by atoms with van der Waals surface area (Å²) in [7, 11) is 0. The molecule has 0 amide bonds. The van der Waals surface area contributed by atoms with Crippen molar-refractivity contribution in [3.8, 4) is 0 Å². The van der Waals surface area contributed by atoms with Crippen molar-refractivity contribution in [3.05, 3.63) is 48.3 Å². The molecule has 5 heteroatoms. The number of aromatic nitrogens is 3. The quantitative estimate of drug-likeness (QED) is 0.762. The first-order valence-corrected chi connectivity index (χ1v) is 5.68. The molecule has 2 aromatic heterocycles. The van der Waals surface area contributed by atoms with E-state index in [4.69, 9.17) is 4.42 Å². The Labute approximate surface area is 104 Å². The van der Waals surface area contributed by atoms with Gasteiger partial charge in [-0.15, -0.1) is 0 Å². The van der Waals surface area contributed by atoms with Gasteiger partial charge in [0.25, 0.3) is 0 Å². The van der Waals surface area contributed by atoms with Gasteiger partial charge in [0.1, 0.15) is 5.76 Å². The molecule has 0 saturated heterocycles. The highest BCUT2D eigenvalue weighted by molar-refractivity contribution is 5.90. The number of nitrogens with one attached hydrogen (secondary N) is 1. The number of oxazole rings is 1. The van der Waals surface area contributed by atoms with Gasteiger partial charge in [-0.25, -0.2) is 4.98 Å². The number of hydrogen-bond donors (Lipinski definition) is 1. The minimum absolute atomic E-state index is 0.531. The lowest BCUT2D eigenvalue weighted by molar-refractivity contribution is 0.479. The highest BCUT2D eigenvalue weighted by Gasteiger charge is 2.04. The van der Waals surface area contributed by atoms with Gasteiger partial charge in [-0.2, -0.15) is 10.2 Å². The lowest BCUT2D eigenvalue weighted by Gasteiger charge is -2.06. The van der Waals surface area contributed by atoms with E-state index in [1.807, 2.05) is 31.2 Å². The zero-order valence-electron chi connectivity index (χ0n) is 9.92. The third-order valence-electron chi connectivity index (χ3n) is 2.65. The molecule has 0 aliphatic rings. The van der Waals surface area contributed by atoms with Crippen LogP contribution in [0.5, 0.6) is 0 Å². The van der Waals surface area contributed by atoms with E-state index in [2.05, 4.69) is 20.5 Å². The van der Waals surface area contributed by atoms with Gasteiger partial charge in [-0.3, -0.25) is 0 Å². The third kappa shape index (κ3) is 2.02. The van der Waals surface area contributed by atoms with Crippen LogP contribution in [0.2, 0.25) is 0 Å². The molecule has 0 spiro atoms. The van der Waals surface area contributed by atoms with E-state index < -0.39 is 0 Å². The second-order valence-corrected chi connectivity index (χ2v) is 3.99. The van der Waals surface area contributed by atoms with Gasteiger partial charge in [0, 0.05) is 5.39 Å². The van der Waals surface area contributed by atoms with E-state index in [0.717, 1.165) is 22.4 Å². The van der Waals surface area contributed by atoms with Crippen LogP contribution in [-0.2, 0) is 6.54 Å². The van der Waals surface area contributed by atoms with Gasteiger partial charge >= 0.3 is 0 Å². The van der Waals surface area contributed by atoms with Crippen LogP contribution in [-0.4, -0.2) is 15.2 Å². The molecule has 0 unspecified atom stereocenters. The van der Waals surface area contributed by atoms with Crippen LogP contribution >= 0.6 is 0 Å². The van der Waals surface area contributed by atoms with Crippen molar-refractivity contribution in [3.63, 3.8) is 0 Å². The smallest absolute Gasteiger partial charge is 0.213 e. The highest BCUT2D eigenvalue weighted by Crippen LogP contribution is 2.20. The Morgan fingerprint density at radius 1 is 1.22 bits per heavy atom. The highest BCUT2D eigenvalue weighted by atomic mass is 16.4. The van der Waals surface area contributed by atoms with Gasteiger partial charge in [-0.1, -0.05) is 18.2 Å². The SMILES string of the molecule is Cc1cnc(CNc2cnnc3ccccc23)o1. The van der Waals surface area contributed by atoms with Crippen molar-refractivity contribution >= 4 is 16.6 Å². The Kier molecular flexibility index (Phi) is 2.64. The largest absolute Gasteiger partial charge is 0.444 e. The minimum Gasteiger partial charge on any atom is -0.444 e. The maximum Gasteiger partial charge on any atom is 0.213 e. The summed E-state index contributed by atoms with van der Waals surface area (Å²) in [6.07, 6.45) is 3.41. The zero-order chi connectivity index (χ0) is 12.4.